The predicted molar refractivity (Wildman–Crippen MR) is 82.1 cm³/mol. The maximum atomic E-state index is 12.6. The molecule has 0 heterocycles. The molecule has 0 spiro atoms. The number of allylic oxidation sites excluding steroid dienone is 1. The van der Waals surface area contributed by atoms with Crippen molar-refractivity contribution >= 4 is 17.7 Å². The summed E-state index contributed by atoms with van der Waals surface area (Å²) in [5.41, 5.74) is 0.626. The Kier molecular flexibility index (Phi) is 5.04. The second kappa shape index (κ2) is 6.63. The molecule has 1 saturated carbocycles. The fourth-order valence-electron chi connectivity index (χ4n) is 3.62. The summed E-state index contributed by atoms with van der Waals surface area (Å²) in [6.45, 7) is 5.58. The molecule has 0 saturated heterocycles. The lowest BCUT2D eigenvalue weighted by molar-refractivity contribution is -0.142. The number of carbonyl (C=O) groups is 3. The maximum Gasteiger partial charge on any atom is 0.326 e. The Balaban J connectivity index is 2.21. The van der Waals surface area contributed by atoms with Crippen LogP contribution in [0.3, 0.4) is 0 Å². The summed E-state index contributed by atoms with van der Waals surface area (Å²) < 4.78 is 0. The standard InChI is InChI=1S/C17H25NO4/c1-4-10-7-12-11(5-6-14(12)19)13(8-10)16(20)18-15(9(2)3)17(21)22/h8-12,15H,4-7H2,1-3H3,(H,18,20)(H,21,22)/t10-,11-,12-,15+/m1/s1. The summed E-state index contributed by atoms with van der Waals surface area (Å²) in [5.74, 6) is -1.13. The van der Waals surface area contributed by atoms with Gasteiger partial charge in [-0.05, 0) is 37.0 Å². The predicted octanol–water partition coefficient (Wildman–Crippen LogP) is 2.16. The van der Waals surface area contributed by atoms with E-state index < -0.39 is 12.0 Å². The highest BCUT2D eigenvalue weighted by molar-refractivity contribution is 5.98. The summed E-state index contributed by atoms with van der Waals surface area (Å²) in [5, 5.41) is 11.9. The van der Waals surface area contributed by atoms with E-state index in [0.29, 0.717) is 18.4 Å². The molecule has 5 nitrogen and oxygen atoms in total. The number of carboxylic acid groups (broad SMARTS) is 1. The average molecular weight is 307 g/mol. The Morgan fingerprint density at radius 3 is 2.59 bits per heavy atom. The summed E-state index contributed by atoms with van der Waals surface area (Å²) in [6, 6.07) is -0.897. The average Bonchev–Trinajstić information content (AvgIpc) is 2.84. The van der Waals surface area contributed by atoms with Gasteiger partial charge in [-0.1, -0.05) is 26.8 Å². The Morgan fingerprint density at radius 1 is 1.36 bits per heavy atom. The molecule has 0 radical (unpaired) electrons. The zero-order valence-electron chi connectivity index (χ0n) is 13.5. The highest BCUT2D eigenvalue weighted by Gasteiger charge is 2.43. The number of rotatable bonds is 5. The number of hydrogen-bond donors (Lipinski definition) is 2. The fraction of sp³-hybridized carbons (Fsp3) is 0.706. The molecule has 0 unspecified atom stereocenters. The van der Waals surface area contributed by atoms with Crippen LogP contribution in [0, 0.1) is 23.7 Å². The smallest absolute Gasteiger partial charge is 0.326 e. The quantitative estimate of drug-likeness (QED) is 0.815. The zero-order valence-corrected chi connectivity index (χ0v) is 13.5. The fourth-order valence-corrected chi connectivity index (χ4v) is 3.62. The van der Waals surface area contributed by atoms with Gasteiger partial charge in [-0.15, -0.1) is 0 Å². The molecule has 0 aromatic carbocycles. The first kappa shape index (κ1) is 16.7. The second-order valence-corrected chi connectivity index (χ2v) is 6.78. The minimum Gasteiger partial charge on any atom is -0.480 e. The van der Waals surface area contributed by atoms with Crippen LogP contribution in [0.15, 0.2) is 11.6 Å². The molecule has 2 aliphatic rings. The number of fused-ring (bicyclic) bond motifs is 1. The van der Waals surface area contributed by atoms with Crippen molar-refractivity contribution in [1.29, 1.82) is 0 Å². The number of hydrogen-bond acceptors (Lipinski definition) is 3. The van der Waals surface area contributed by atoms with Crippen molar-refractivity contribution in [2.45, 2.75) is 52.5 Å². The number of nitrogens with one attached hydrogen (secondary N) is 1. The summed E-state index contributed by atoms with van der Waals surface area (Å²) >= 11 is 0. The van der Waals surface area contributed by atoms with E-state index in [9.17, 15) is 19.5 Å². The minimum absolute atomic E-state index is 0.0306. The van der Waals surface area contributed by atoms with Crippen molar-refractivity contribution in [3.8, 4) is 0 Å². The van der Waals surface area contributed by atoms with Crippen LogP contribution in [0.1, 0.15) is 46.5 Å². The molecule has 0 bridgehead atoms. The van der Waals surface area contributed by atoms with E-state index in [0.717, 1.165) is 12.8 Å². The van der Waals surface area contributed by atoms with E-state index >= 15 is 0 Å². The third kappa shape index (κ3) is 3.23. The van der Waals surface area contributed by atoms with E-state index in [1.54, 1.807) is 13.8 Å². The Morgan fingerprint density at radius 2 is 2.05 bits per heavy atom. The van der Waals surface area contributed by atoms with E-state index in [2.05, 4.69) is 5.32 Å². The van der Waals surface area contributed by atoms with Crippen LogP contribution < -0.4 is 5.32 Å². The van der Waals surface area contributed by atoms with Crippen LogP contribution in [0.25, 0.3) is 0 Å². The van der Waals surface area contributed by atoms with Crippen LogP contribution in [0.2, 0.25) is 0 Å². The molecule has 0 aromatic rings. The van der Waals surface area contributed by atoms with E-state index in [4.69, 9.17) is 0 Å². The second-order valence-electron chi connectivity index (χ2n) is 6.78. The maximum absolute atomic E-state index is 12.6. The van der Waals surface area contributed by atoms with Gasteiger partial charge in [0.25, 0.3) is 0 Å². The highest BCUT2D eigenvalue weighted by Crippen LogP contribution is 2.43. The molecule has 0 aliphatic heterocycles. The van der Waals surface area contributed by atoms with Crippen LogP contribution >= 0.6 is 0 Å². The van der Waals surface area contributed by atoms with Gasteiger partial charge in [-0.25, -0.2) is 4.79 Å². The SMILES string of the molecule is CC[C@H]1C=C(C(=O)N[C@H](C(=O)O)C(C)C)[C@@H]2CCC(=O)[C@@H]2C1. The molecule has 122 valence electrons. The van der Waals surface area contributed by atoms with Crippen molar-refractivity contribution in [3.05, 3.63) is 11.6 Å². The van der Waals surface area contributed by atoms with Crippen molar-refractivity contribution in [3.63, 3.8) is 0 Å². The number of carboxylic acids is 1. The topological polar surface area (TPSA) is 83.5 Å². The summed E-state index contributed by atoms with van der Waals surface area (Å²) in [4.78, 5) is 35.9. The monoisotopic (exact) mass is 307 g/mol. The van der Waals surface area contributed by atoms with Crippen molar-refractivity contribution in [2.24, 2.45) is 23.7 Å². The van der Waals surface area contributed by atoms with Crippen molar-refractivity contribution < 1.29 is 19.5 Å². The molecule has 1 amide bonds. The lowest BCUT2D eigenvalue weighted by Gasteiger charge is -2.30. The number of amides is 1. The van der Waals surface area contributed by atoms with Gasteiger partial charge in [0.05, 0.1) is 0 Å². The van der Waals surface area contributed by atoms with Crippen LogP contribution in [0.5, 0.6) is 0 Å². The first-order valence-electron chi connectivity index (χ1n) is 8.13. The van der Waals surface area contributed by atoms with Crippen LogP contribution in [-0.2, 0) is 14.4 Å². The Bertz CT molecular complexity index is 509. The van der Waals surface area contributed by atoms with Gasteiger partial charge in [-0.2, -0.15) is 0 Å². The molecule has 5 heteroatoms. The van der Waals surface area contributed by atoms with Crippen molar-refractivity contribution in [2.75, 3.05) is 0 Å². The van der Waals surface area contributed by atoms with Gasteiger partial charge in [0.15, 0.2) is 0 Å². The molecular weight excluding hydrogens is 282 g/mol. The van der Waals surface area contributed by atoms with Gasteiger partial charge in [0, 0.05) is 17.9 Å². The largest absolute Gasteiger partial charge is 0.480 e. The lowest BCUT2D eigenvalue weighted by Crippen LogP contribution is -2.46. The Labute approximate surface area is 131 Å². The van der Waals surface area contributed by atoms with Gasteiger partial charge in [0.2, 0.25) is 5.91 Å². The summed E-state index contributed by atoms with van der Waals surface area (Å²) in [7, 11) is 0. The third-order valence-electron chi connectivity index (χ3n) is 4.98. The number of ketones is 1. The first-order valence-corrected chi connectivity index (χ1v) is 8.13. The molecule has 0 aromatic heterocycles. The van der Waals surface area contributed by atoms with E-state index in [1.165, 1.54) is 0 Å². The van der Waals surface area contributed by atoms with Gasteiger partial charge in [-0.3, -0.25) is 9.59 Å². The van der Waals surface area contributed by atoms with E-state index in [-0.39, 0.29) is 35.4 Å². The van der Waals surface area contributed by atoms with Gasteiger partial charge < -0.3 is 10.4 Å². The molecule has 2 aliphatic carbocycles. The van der Waals surface area contributed by atoms with Crippen molar-refractivity contribution in [1.82, 2.24) is 5.32 Å². The number of Topliss-reactive ketones (excluding diaryl/α,β-unsaturated/α-hetero) is 1. The highest BCUT2D eigenvalue weighted by atomic mass is 16.4. The number of carbonyl (C=O) groups excluding carboxylic acids is 2. The molecule has 2 rings (SSSR count). The number of aliphatic carboxylic acids is 1. The molecular formula is C17H25NO4. The van der Waals surface area contributed by atoms with Gasteiger partial charge in [0.1, 0.15) is 11.8 Å². The molecule has 22 heavy (non-hydrogen) atoms. The molecule has 2 N–H and O–H groups in total. The van der Waals surface area contributed by atoms with Crippen LogP contribution in [0.4, 0.5) is 0 Å². The minimum atomic E-state index is -1.02. The van der Waals surface area contributed by atoms with E-state index in [1.807, 2.05) is 13.0 Å². The van der Waals surface area contributed by atoms with Crippen LogP contribution in [-0.4, -0.2) is 28.8 Å². The Hall–Kier alpha value is -1.65. The zero-order chi connectivity index (χ0) is 16.4. The van der Waals surface area contributed by atoms with Gasteiger partial charge >= 0.3 is 5.97 Å². The molecule has 1 fully saturated rings. The normalized spacial score (nSPS) is 29.0. The molecule has 4 atom stereocenters. The lowest BCUT2D eigenvalue weighted by atomic mass is 9.74. The summed E-state index contributed by atoms with van der Waals surface area (Å²) in [6.07, 6.45) is 4.92. The third-order valence-corrected chi connectivity index (χ3v) is 4.98. The first-order chi connectivity index (χ1) is 10.3.